The molecule has 0 heterocycles. The van der Waals surface area contributed by atoms with Crippen LogP contribution in [0.2, 0.25) is 0 Å². The Morgan fingerprint density at radius 3 is 2.39 bits per heavy atom. The van der Waals surface area contributed by atoms with Crippen molar-refractivity contribution in [1.29, 1.82) is 0 Å². The van der Waals surface area contributed by atoms with Crippen molar-refractivity contribution in [1.82, 2.24) is 0 Å². The fraction of sp³-hybridized carbons (Fsp3) is 0.188. The maximum absolute atomic E-state index is 12.4. The minimum absolute atomic E-state index is 0.151. The predicted molar refractivity (Wildman–Crippen MR) is 92.1 cm³/mol. The summed E-state index contributed by atoms with van der Waals surface area (Å²) in [6.07, 6.45) is 0. The number of anilines is 1. The van der Waals surface area contributed by atoms with E-state index in [0.717, 1.165) is 5.56 Å². The zero-order chi connectivity index (χ0) is 17.0. The van der Waals surface area contributed by atoms with Gasteiger partial charge in [-0.05, 0) is 71.7 Å². The van der Waals surface area contributed by atoms with Crippen LogP contribution in [0.15, 0.2) is 51.8 Å². The first-order valence-electron chi connectivity index (χ1n) is 6.89. The van der Waals surface area contributed by atoms with Crippen LogP contribution in [0.1, 0.15) is 22.8 Å². The van der Waals surface area contributed by atoms with Gasteiger partial charge in [-0.1, -0.05) is 6.07 Å². The molecule has 0 saturated carbocycles. The number of benzene rings is 2. The van der Waals surface area contributed by atoms with Crippen molar-refractivity contribution in [3.63, 3.8) is 0 Å². The molecule has 7 heteroatoms. The number of halogens is 1. The average molecular weight is 398 g/mol. The van der Waals surface area contributed by atoms with Gasteiger partial charge in [0.15, 0.2) is 0 Å². The summed E-state index contributed by atoms with van der Waals surface area (Å²) in [6, 6.07) is 11.1. The second-order valence-electron chi connectivity index (χ2n) is 4.84. The molecule has 0 amide bonds. The van der Waals surface area contributed by atoms with Gasteiger partial charge in [0, 0.05) is 10.2 Å². The van der Waals surface area contributed by atoms with Crippen molar-refractivity contribution < 1.29 is 17.9 Å². The molecule has 0 aliphatic carbocycles. The van der Waals surface area contributed by atoms with Crippen LogP contribution in [0.25, 0.3) is 0 Å². The zero-order valence-corrected chi connectivity index (χ0v) is 15.1. The zero-order valence-electron chi connectivity index (χ0n) is 12.7. The Balaban J connectivity index is 2.22. The Hall–Kier alpha value is -1.86. The highest BCUT2D eigenvalue weighted by Gasteiger charge is 2.18. The highest BCUT2D eigenvalue weighted by molar-refractivity contribution is 9.10. The third-order valence-corrected chi connectivity index (χ3v) is 5.38. The summed E-state index contributed by atoms with van der Waals surface area (Å²) in [5.41, 5.74) is 1.69. The number of nitrogens with one attached hydrogen (secondary N) is 1. The Kier molecular flexibility index (Phi) is 5.43. The van der Waals surface area contributed by atoms with Gasteiger partial charge in [-0.15, -0.1) is 0 Å². The largest absolute Gasteiger partial charge is 0.462 e. The highest BCUT2D eigenvalue weighted by Crippen LogP contribution is 2.25. The van der Waals surface area contributed by atoms with Crippen LogP contribution in [0, 0.1) is 6.92 Å². The summed E-state index contributed by atoms with van der Waals surface area (Å²) < 4.78 is 32.7. The van der Waals surface area contributed by atoms with Gasteiger partial charge in [0.05, 0.1) is 12.2 Å². The Morgan fingerprint density at radius 1 is 1.17 bits per heavy atom. The first-order chi connectivity index (χ1) is 10.8. The fourth-order valence-corrected chi connectivity index (χ4v) is 4.17. The minimum atomic E-state index is -3.72. The minimum Gasteiger partial charge on any atom is -0.462 e. The molecule has 0 aliphatic rings. The Labute approximate surface area is 143 Å². The molecular weight excluding hydrogens is 382 g/mol. The van der Waals surface area contributed by atoms with Gasteiger partial charge in [0.1, 0.15) is 4.90 Å². The average Bonchev–Trinajstić information content (AvgIpc) is 2.47. The first-order valence-corrected chi connectivity index (χ1v) is 9.17. The van der Waals surface area contributed by atoms with E-state index >= 15 is 0 Å². The van der Waals surface area contributed by atoms with E-state index in [1.165, 1.54) is 30.3 Å². The molecule has 2 rings (SSSR count). The molecule has 0 fully saturated rings. The number of ether oxygens (including phenoxy) is 1. The Bertz CT molecular complexity index is 816. The molecule has 2 aromatic carbocycles. The number of carbonyl (C=O) groups excluding carboxylic acids is 1. The maximum atomic E-state index is 12.4. The van der Waals surface area contributed by atoms with E-state index < -0.39 is 16.0 Å². The number of sulfonamides is 1. The molecule has 0 saturated heterocycles. The lowest BCUT2D eigenvalue weighted by Crippen LogP contribution is -2.14. The van der Waals surface area contributed by atoms with E-state index in [1.807, 2.05) is 6.92 Å². The molecule has 2 aromatic rings. The number of aryl methyl sites for hydroxylation is 1. The van der Waals surface area contributed by atoms with Crippen LogP contribution in [0.5, 0.6) is 0 Å². The molecule has 0 bridgehead atoms. The van der Waals surface area contributed by atoms with Crippen LogP contribution in [-0.4, -0.2) is 21.0 Å². The van der Waals surface area contributed by atoms with E-state index in [-0.39, 0.29) is 11.5 Å². The maximum Gasteiger partial charge on any atom is 0.338 e. The monoisotopic (exact) mass is 397 g/mol. The lowest BCUT2D eigenvalue weighted by Gasteiger charge is -2.10. The second kappa shape index (κ2) is 7.14. The molecule has 0 radical (unpaired) electrons. The molecule has 0 spiro atoms. The lowest BCUT2D eigenvalue weighted by atomic mass is 10.2. The smallest absolute Gasteiger partial charge is 0.338 e. The van der Waals surface area contributed by atoms with Gasteiger partial charge < -0.3 is 4.74 Å². The quantitative estimate of drug-likeness (QED) is 0.779. The molecule has 5 nitrogen and oxygen atoms in total. The van der Waals surface area contributed by atoms with E-state index in [9.17, 15) is 13.2 Å². The van der Waals surface area contributed by atoms with Gasteiger partial charge in [0.25, 0.3) is 10.0 Å². The number of carbonyl (C=O) groups is 1. The van der Waals surface area contributed by atoms with Crippen LogP contribution < -0.4 is 4.72 Å². The second-order valence-corrected chi connectivity index (χ2v) is 7.34. The molecular formula is C16H16BrNO4S. The number of hydrogen-bond donors (Lipinski definition) is 1. The van der Waals surface area contributed by atoms with E-state index in [2.05, 4.69) is 20.7 Å². The lowest BCUT2D eigenvalue weighted by molar-refractivity contribution is 0.0526. The summed E-state index contributed by atoms with van der Waals surface area (Å²) in [7, 11) is -3.72. The van der Waals surface area contributed by atoms with Gasteiger partial charge in [-0.25, -0.2) is 13.2 Å². The molecule has 122 valence electrons. The highest BCUT2D eigenvalue weighted by atomic mass is 79.9. The van der Waals surface area contributed by atoms with Crippen molar-refractivity contribution in [2.45, 2.75) is 18.7 Å². The van der Waals surface area contributed by atoms with Gasteiger partial charge in [-0.3, -0.25) is 4.72 Å². The van der Waals surface area contributed by atoms with Crippen molar-refractivity contribution in [3.8, 4) is 0 Å². The van der Waals surface area contributed by atoms with Crippen LogP contribution in [0.3, 0.4) is 0 Å². The van der Waals surface area contributed by atoms with E-state index in [4.69, 9.17) is 4.74 Å². The van der Waals surface area contributed by atoms with Crippen molar-refractivity contribution in [3.05, 3.63) is 58.1 Å². The molecule has 1 N–H and O–H groups in total. The SMILES string of the molecule is CCOC(=O)c1ccc(NS(=O)(=O)c2ccc(C)cc2Br)cc1. The van der Waals surface area contributed by atoms with Crippen molar-refractivity contribution in [2.24, 2.45) is 0 Å². The number of esters is 1. The topological polar surface area (TPSA) is 72.5 Å². The standard InChI is InChI=1S/C16H16BrNO4S/c1-3-22-16(19)12-5-7-13(8-6-12)18-23(20,21)15-9-4-11(2)10-14(15)17/h4-10,18H,3H2,1-2H3. The summed E-state index contributed by atoms with van der Waals surface area (Å²) in [6.45, 7) is 3.89. The Morgan fingerprint density at radius 2 is 1.83 bits per heavy atom. The van der Waals surface area contributed by atoms with Crippen LogP contribution >= 0.6 is 15.9 Å². The summed E-state index contributed by atoms with van der Waals surface area (Å²) in [4.78, 5) is 11.7. The summed E-state index contributed by atoms with van der Waals surface area (Å²) in [5, 5.41) is 0. The van der Waals surface area contributed by atoms with Gasteiger partial charge in [-0.2, -0.15) is 0 Å². The fourth-order valence-electron chi connectivity index (χ4n) is 1.92. The molecule has 0 unspecified atom stereocenters. The molecule has 23 heavy (non-hydrogen) atoms. The predicted octanol–water partition coefficient (Wildman–Crippen LogP) is 3.74. The molecule has 0 atom stereocenters. The van der Waals surface area contributed by atoms with Gasteiger partial charge >= 0.3 is 5.97 Å². The number of rotatable bonds is 5. The van der Waals surface area contributed by atoms with Crippen LogP contribution in [-0.2, 0) is 14.8 Å². The van der Waals surface area contributed by atoms with E-state index in [0.29, 0.717) is 15.7 Å². The third-order valence-electron chi connectivity index (χ3n) is 3.03. The third kappa shape index (κ3) is 4.33. The summed E-state index contributed by atoms with van der Waals surface area (Å²) >= 11 is 3.26. The first kappa shape index (κ1) is 17.5. The molecule has 0 aromatic heterocycles. The number of hydrogen-bond acceptors (Lipinski definition) is 4. The van der Waals surface area contributed by atoms with Gasteiger partial charge in [0.2, 0.25) is 0 Å². The summed E-state index contributed by atoms with van der Waals surface area (Å²) in [5.74, 6) is -0.441. The van der Waals surface area contributed by atoms with Crippen molar-refractivity contribution in [2.75, 3.05) is 11.3 Å². The van der Waals surface area contributed by atoms with E-state index in [1.54, 1.807) is 19.1 Å². The van der Waals surface area contributed by atoms with Crippen molar-refractivity contribution >= 4 is 37.6 Å². The normalized spacial score (nSPS) is 11.1. The van der Waals surface area contributed by atoms with Crippen LogP contribution in [0.4, 0.5) is 5.69 Å². The molecule has 0 aliphatic heterocycles.